The Morgan fingerprint density at radius 1 is 0.889 bits per heavy atom. The van der Waals surface area contributed by atoms with Crippen LogP contribution in [0.5, 0.6) is 0 Å². The molecule has 0 bridgehead atoms. The van der Waals surface area contributed by atoms with Crippen LogP contribution in [-0.4, -0.2) is 43.0 Å². The molecule has 0 amide bonds. The minimum absolute atomic E-state index is 0.0516. The highest BCUT2D eigenvalue weighted by Gasteiger charge is 2.32. The van der Waals surface area contributed by atoms with E-state index in [0.29, 0.717) is 35.5 Å². The predicted octanol–water partition coefficient (Wildman–Crippen LogP) is 3.36. The first-order valence-electron chi connectivity index (χ1n) is 9.39. The summed E-state index contributed by atoms with van der Waals surface area (Å²) >= 11 is 0. The standard InChI is InChI=1S/C22H25NO4/c1-15-9-10-18(23-11-5-2-6-13-27-14-12-24)20-19(15)21(25)16-7-3-4-8-17(16)22(20)26/h3-4,7-10,23-24H,2,5-6,11-14H2,1H3. The second-order valence-corrected chi connectivity index (χ2v) is 6.71. The molecular formula is C22H25NO4. The zero-order valence-corrected chi connectivity index (χ0v) is 15.6. The van der Waals surface area contributed by atoms with Gasteiger partial charge in [-0.15, -0.1) is 0 Å². The van der Waals surface area contributed by atoms with Gasteiger partial charge in [0.25, 0.3) is 0 Å². The van der Waals surface area contributed by atoms with Crippen LogP contribution >= 0.6 is 0 Å². The monoisotopic (exact) mass is 367 g/mol. The number of benzene rings is 2. The van der Waals surface area contributed by atoms with E-state index in [-0.39, 0.29) is 18.2 Å². The van der Waals surface area contributed by atoms with Gasteiger partial charge < -0.3 is 15.2 Å². The summed E-state index contributed by atoms with van der Waals surface area (Å²) in [6.07, 6.45) is 2.85. The number of ketones is 2. The summed E-state index contributed by atoms with van der Waals surface area (Å²) in [4.78, 5) is 25.9. The van der Waals surface area contributed by atoms with Crippen molar-refractivity contribution >= 4 is 17.3 Å². The maximum Gasteiger partial charge on any atom is 0.196 e. The zero-order chi connectivity index (χ0) is 19.2. The van der Waals surface area contributed by atoms with Crippen LogP contribution in [0.3, 0.4) is 0 Å². The fourth-order valence-corrected chi connectivity index (χ4v) is 3.43. The summed E-state index contributed by atoms with van der Waals surface area (Å²) < 4.78 is 5.24. The van der Waals surface area contributed by atoms with Crippen molar-refractivity contribution in [2.24, 2.45) is 0 Å². The predicted molar refractivity (Wildman–Crippen MR) is 105 cm³/mol. The van der Waals surface area contributed by atoms with Crippen molar-refractivity contribution < 1.29 is 19.4 Å². The van der Waals surface area contributed by atoms with E-state index in [1.807, 2.05) is 19.1 Å². The Morgan fingerprint density at radius 2 is 1.59 bits per heavy atom. The van der Waals surface area contributed by atoms with Crippen molar-refractivity contribution in [2.45, 2.75) is 26.2 Å². The number of unbranched alkanes of at least 4 members (excludes halogenated alkanes) is 2. The van der Waals surface area contributed by atoms with Gasteiger partial charge in [-0.3, -0.25) is 9.59 Å². The number of fused-ring (bicyclic) bond motifs is 2. The van der Waals surface area contributed by atoms with Crippen molar-refractivity contribution in [3.63, 3.8) is 0 Å². The quantitative estimate of drug-likeness (QED) is 0.567. The number of nitrogens with one attached hydrogen (secondary N) is 1. The largest absolute Gasteiger partial charge is 0.394 e. The van der Waals surface area contributed by atoms with E-state index >= 15 is 0 Å². The second kappa shape index (κ2) is 8.93. The lowest BCUT2D eigenvalue weighted by Gasteiger charge is -2.22. The molecule has 0 saturated carbocycles. The Labute approximate surface area is 159 Å². The number of carbonyl (C=O) groups excluding carboxylic acids is 2. The van der Waals surface area contributed by atoms with Crippen molar-refractivity contribution in [1.29, 1.82) is 0 Å². The smallest absolute Gasteiger partial charge is 0.196 e. The van der Waals surface area contributed by atoms with Gasteiger partial charge in [0.05, 0.1) is 18.8 Å². The molecule has 0 fully saturated rings. The second-order valence-electron chi connectivity index (χ2n) is 6.71. The number of aliphatic hydroxyl groups is 1. The van der Waals surface area contributed by atoms with E-state index in [4.69, 9.17) is 9.84 Å². The summed E-state index contributed by atoms with van der Waals surface area (Å²) in [6.45, 7) is 3.67. The van der Waals surface area contributed by atoms with Crippen LogP contribution in [0, 0.1) is 6.92 Å². The molecule has 0 heterocycles. The highest BCUT2D eigenvalue weighted by molar-refractivity contribution is 6.30. The molecule has 0 saturated heterocycles. The third-order valence-corrected chi connectivity index (χ3v) is 4.80. The molecular weight excluding hydrogens is 342 g/mol. The number of aryl methyl sites for hydroxylation is 1. The van der Waals surface area contributed by atoms with E-state index < -0.39 is 0 Å². The summed E-state index contributed by atoms with van der Waals surface area (Å²) in [6, 6.07) is 10.8. The van der Waals surface area contributed by atoms with Gasteiger partial charge in [-0.1, -0.05) is 30.3 Å². The number of hydrogen-bond donors (Lipinski definition) is 2. The van der Waals surface area contributed by atoms with Crippen molar-refractivity contribution in [2.75, 3.05) is 31.7 Å². The average molecular weight is 367 g/mol. The number of rotatable bonds is 9. The van der Waals surface area contributed by atoms with Crippen LogP contribution in [0.15, 0.2) is 36.4 Å². The lowest BCUT2D eigenvalue weighted by Crippen LogP contribution is -2.23. The molecule has 2 aromatic carbocycles. The first-order valence-corrected chi connectivity index (χ1v) is 9.39. The molecule has 5 heteroatoms. The molecule has 142 valence electrons. The third kappa shape index (κ3) is 4.10. The fraction of sp³-hybridized carbons (Fsp3) is 0.364. The van der Waals surface area contributed by atoms with Crippen LogP contribution in [0.2, 0.25) is 0 Å². The van der Waals surface area contributed by atoms with E-state index in [2.05, 4.69) is 5.32 Å². The third-order valence-electron chi connectivity index (χ3n) is 4.80. The van der Waals surface area contributed by atoms with Gasteiger partial charge in [0, 0.05) is 35.5 Å². The fourth-order valence-electron chi connectivity index (χ4n) is 3.43. The molecule has 2 N–H and O–H groups in total. The molecule has 0 aromatic heterocycles. The molecule has 0 radical (unpaired) electrons. The Morgan fingerprint density at radius 3 is 2.30 bits per heavy atom. The molecule has 0 unspecified atom stereocenters. The molecule has 27 heavy (non-hydrogen) atoms. The van der Waals surface area contributed by atoms with E-state index in [1.165, 1.54) is 0 Å². The summed E-state index contributed by atoms with van der Waals surface area (Å²) in [5.74, 6) is -0.175. The summed E-state index contributed by atoms with van der Waals surface area (Å²) in [7, 11) is 0. The minimum Gasteiger partial charge on any atom is -0.394 e. The van der Waals surface area contributed by atoms with Crippen LogP contribution in [-0.2, 0) is 4.74 Å². The first-order chi connectivity index (χ1) is 13.1. The lowest BCUT2D eigenvalue weighted by molar-refractivity contribution is 0.0897. The summed E-state index contributed by atoms with van der Waals surface area (Å²) in [5.41, 5.74) is 3.51. The van der Waals surface area contributed by atoms with Crippen molar-refractivity contribution in [3.8, 4) is 0 Å². The van der Waals surface area contributed by atoms with Crippen LogP contribution in [0.1, 0.15) is 56.7 Å². The Hall–Kier alpha value is -2.50. The molecule has 0 atom stereocenters. The zero-order valence-electron chi connectivity index (χ0n) is 15.6. The van der Waals surface area contributed by atoms with E-state index in [0.717, 1.165) is 37.1 Å². The van der Waals surface area contributed by atoms with E-state index in [1.54, 1.807) is 24.3 Å². The normalized spacial score (nSPS) is 12.7. The molecule has 5 nitrogen and oxygen atoms in total. The molecule has 0 spiro atoms. The van der Waals surface area contributed by atoms with Gasteiger partial charge in [-0.2, -0.15) is 0 Å². The number of hydrogen-bond acceptors (Lipinski definition) is 5. The SMILES string of the molecule is Cc1ccc(NCCCCCOCCO)c2c1C(=O)c1ccccc1C2=O. The first kappa shape index (κ1) is 19.3. The minimum atomic E-state index is -0.0937. The van der Waals surface area contributed by atoms with Crippen molar-refractivity contribution in [3.05, 3.63) is 64.2 Å². The number of carbonyl (C=O) groups is 2. The van der Waals surface area contributed by atoms with Crippen LogP contribution in [0.25, 0.3) is 0 Å². The number of aliphatic hydroxyl groups excluding tert-OH is 1. The van der Waals surface area contributed by atoms with Crippen molar-refractivity contribution in [1.82, 2.24) is 0 Å². The average Bonchev–Trinajstić information content (AvgIpc) is 2.69. The molecule has 3 rings (SSSR count). The molecule has 1 aliphatic carbocycles. The number of anilines is 1. The lowest BCUT2D eigenvalue weighted by atomic mass is 9.81. The maximum absolute atomic E-state index is 13.0. The van der Waals surface area contributed by atoms with Crippen LogP contribution < -0.4 is 5.32 Å². The van der Waals surface area contributed by atoms with E-state index in [9.17, 15) is 9.59 Å². The van der Waals surface area contributed by atoms with Gasteiger partial charge in [-0.25, -0.2) is 0 Å². The van der Waals surface area contributed by atoms with Gasteiger partial charge in [0.15, 0.2) is 11.6 Å². The Bertz CT molecular complexity index is 844. The van der Waals surface area contributed by atoms with Crippen LogP contribution in [0.4, 0.5) is 5.69 Å². The Balaban J connectivity index is 1.70. The summed E-state index contributed by atoms with van der Waals surface area (Å²) in [5, 5.41) is 12.0. The Kier molecular flexibility index (Phi) is 6.37. The van der Waals surface area contributed by atoms with Gasteiger partial charge in [0.1, 0.15) is 0 Å². The molecule has 1 aliphatic rings. The topological polar surface area (TPSA) is 75.6 Å². The molecule has 2 aromatic rings. The van der Waals surface area contributed by atoms with Gasteiger partial charge in [-0.05, 0) is 37.8 Å². The number of ether oxygens (including phenoxy) is 1. The highest BCUT2D eigenvalue weighted by Crippen LogP contribution is 2.33. The van der Waals surface area contributed by atoms with Gasteiger partial charge >= 0.3 is 0 Å². The maximum atomic E-state index is 13.0. The highest BCUT2D eigenvalue weighted by atomic mass is 16.5. The molecule has 0 aliphatic heterocycles. The van der Waals surface area contributed by atoms with Gasteiger partial charge in [0.2, 0.25) is 0 Å².